The van der Waals surface area contributed by atoms with Crippen LogP contribution in [0.5, 0.6) is 5.75 Å². The van der Waals surface area contributed by atoms with Crippen LogP contribution in [0.4, 0.5) is 0 Å². The van der Waals surface area contributed by atoms with Crippen molar-refractivity contribution in [3.8, 4) is 5.75 Å². The molecule has 1 unspecified atom stereocenters. The van der Waals surface area contributed by atoms with E-state index in [4.69, 9.17) is 4.74 Å². The molecule has 16 heavy (non-hydrogen) atoms. The molecule has 0 aliphatic carbocycles. The highest BCUT2D eigenvalue weighted by molar-refractivity contribution is 7.98. The number of nitrogens with one attached hydrogen (secondary N) is 1. The lowest BCUT2D eigenvalue weighted by atomic mass is 10.1. The summed E-state index contributed by atoms with van der Waals surface area (Å²) in [6, 6.07) is 7.53. The van der Waals surface area contributed by atoms with E-state index in [1.807, 2.05) is 24.3 Å². The molecule has 0 amide bonds. The van der Waals surface area contributed by atoms with E-state index in [1.54, 1.807) is 18.9 Å². The molecule has 0 saturated heterocycles. The summed E-state index contributed by atoms with van der Waals surface area (Å²) in [5.74, 6) is 1.84. The van der Waals surface area contributed by atoms with Crippen molar-refractivity contribution in [1.29, 1.82) is 0 Å². The minimum Gasteiger partial charge on any atom is -0.497 e. The van der Waals surface area contributed by atoms with Crippen LogP contribution in [0.25, 0.3) is 0 Å². The highest BCUT2D eigenvalue weighted by atomic mass is 32.2. The van der Waals surface area contributed by atoms with Gasteiger partial charge in [0.05, 0.1) is 13.2 Å². The largest absolute Gasteiger partial charge is 0.497 e. The number of rotatable bonds is 7. The van der Waals surface area contributed by atoms with Crippen LogP contribution in [0.1, 0.15) is 11.7 Å². The van der Waals surface area contributed by atoms with Gasteiger partial charge in [0.1, 0.15) is 5.75 Å². The Hall–Kier alpha value is -0.710. The first-order valence-electron chi connectivity index (χ1n) is 5.29. The second-order valence-corrected chi connectivity index (χ2v) is 4.47. The van der Waals surface area contributed by atoms with Crippen molar-refractivity contribution in [3.05, 3.63) is 29.8 Å². The van der Waals surface area contributed by atoms with Gasteiger partial charge in [0, 0.05) is 18.8 Å². The van der Waals surface area contributed by atoms with E-state index in [2.05, 4.69) is 11.6 Å². The Kier molecular flexibility index (Phi) is 6.30. The zero-order chi connectivity index (χ0) is 11.8. The van der Waals surface area contributed by atoms with Crippen LogP contribution in [0, 0.1) is 0 Å². The molecule has 90 valence electrons. The third kappa shape index (κ3) is 4.43. The first-order chi connectivity index (χ1) is 7.77. The van der Waals surface area contributed by atoms with Crippen molar-refractivity contribution in [2.24, 2.45) is 0 Å². The van der Waals surface area contributed by atoms with Gasteiger partial charge in [-0.1, -0.05) is 12.1 Å². The minimum atomic E-state index is -0.475. The highest BCUT2D eigenvalue weighted by Gasteiger charge is 2.07. The van der Waals surface area contributed by atoms with Gasteiger partial charge in [0.15, 0.2) is 0 Å². The molecule has 0 aliphatic heterocycles. The van der Waals surface area contributed by atoms with Crippen molar-refractivity contribution in [2.45, 2.75) is 6.10 Å². The Morgan fingerprint density at radius 1 is 1.50 bits per heavy atom. The molecule has 1 rings (SSSR count). The Labute approximate surface area is 101 Å². The third-order valence-electron chi connectivity index (χ3n) is 2.30. The van der Waals surface area contributed by atoms with Gasteiger partial charge >= 0.3 is 0 Å². The van der Waals surface area contributed by atoms with E-state index in [0.717, 1.165) is 23.6 Å². The summed E-state index contributed by atoms with van der Waals surface area (Å²) < 4.78 is 5.11. The van der Waals surface area contributed by atoms with Crippen LogP contribution in [0.15, 0.2) is 24.3 Å². The van der Waals surface area contributed by atoms with Crippen LogP contribution >= 0.6 is 11.8 Å². The molecule has 1 atom stereocenters. The first kappa shape index (κ1) is 13.4. The summed E-state index contributed by atoms with van der Waals surface area (Å²) in [6.45, 7) is 1.50. The SMILES string of the molecule is COc1cccc(C(O)CNCCSC)c1. The molecule has 0 saturated carbocycles. The number of ether oxygens (including phenoxy) is 1. The van der Waals surface area contributed by atoms with Crippen LogP contribution < -0.4 is 10.1 Å². The van der Waals surface area contributed by atoms with Gasteiger partial charge < -0.3 is 15.2 Å². The summed E-state index contributed by atoms with van der Waals surface area (Å²) in [6.07, 6.45) is 1.59. The molecule has 0 fully saturated rings. The Balaban J connectivity index is 2.42. The van der Waals surface area contributed by atoms with Gasteiger partial charge in [-0.3, -0.25) is 0 Å². The number of hydrogen-bond acceptors (Lipinski definition) is 4. The standard InChI is InChI=1S/C12H19NO2S/c1-15-11-5-3-4-10(8-11)12(14)9-13-6-7-16-2/h3-5,8,12-14H,6-7,9H2,1-2H3. The van der Waals surface area contributed by atoms with E-state index in [9.17, 15) is 5.11 Å². The summed E-state index contributed by atoms with van der Waals surface area (Å²) >= 11 is 1.79. The van der Waals surface area contributed by atoms with E-state index in [1.165, 1.54) is 0 Å². The molecule has 3 nitrogen and oxygen atoms in total. The van der Waals surface area contributed by atoms with Crippen molar-refractivity contribution < 1.29 is 9.84 Å². The molecule has 2 N–H and O–H groups in total. The molecule has 0 spiro atoms. The predicted molar refractivity (Wildman–Crippen MR) is 69.2 cm³/mol. The van der Waals surface area contributed by atoms with Crippen LogP contribution in [0.3, 0.4) is 0 Å². The fourth-order valence-electron chi connectivity index (χ4n) is 1.38. The molecule has 0 bridgehead atoms. The van der Waals surface area contributed by atoms with Crippen molar-refractivity contribution >= 4 is 11.8 Å². The number of benzene rings is 1. The lowest BCUT2D eigenvalue weighted by molar-refractivity contribution is 0.175. The number of methoxy groups -OCH3 is 1. The van der Waals surface area contributed by atoms with Gasteiger partial charge in [-0.15, -0.1) is 0 Å². The smallest absolute Gasteiger partial charge is 0.119 e. The lowest BCUT2D eigenvalue weighted by Gasteiger charge is -2.12. The molecule has 1 aromatic rings. The van der Waals surface area contributed by atoms with E-state index in [0.29, 0.717) is 6.54 Å². The van der Waals surface area contributed by atoms with Gasteiger partial charge in [0.2, 0.25) is 0 Å². The molecule has 0 heterocycles. The minimum absolute atomic E-state index is 0.475. The fourth-order valence-corrected chi connectivity index (χ4v) is 1.73. The second-order valence-electron chi connectivity index (χ2n) is 3.49. The number of aliphatic hydroxyl groups is 1. The Morgan fingerprint density at radius 2 is 2.31 bits per heavy atom. The normalized spacial score (nSPS) is 12.4. The summed E-state index contributed by atoms with van der Waals surface area (Å²) in [5, 5.41) is 13.1. The average molecular weight is 241 g/mol. The maximum atomic E-state index is 9.91. The lowest BCUT2D eigenvalue weighted by Crippen LogP contribution is -2.23. The van der Waals surface area contributed by atoms with Crippen molar-refractivity contribution in [1.82, 2.24) is 5.32 Å². The van der Waals surface area contributed by atoms with Crippen molar-refractivity contribution in [2.75, 3.05) is 32.2 Å². The van der Waals surface area contributed by atoms with Crippen LogP contribution in [-0.4, -0.2) is 37.3 Å². The molecule has 0 aromatic heterocycles. The Morgan fingerprint density at radius 3 is 3.00 bits per heavy atom. The zero-order valence-electron chi connectivity index (χ0n) is 9.77. The summed E-state index contributed by atoms with van der Waals surface area (Å²) in [5.41, 5.74) is 0.885. The van der Waals surface area contributed by atoms with Crippen molar-refractivity contribution in [3.63, 3.8) is 0 Å². The summed E-state index contributed by atoms with van der Waals surface area (Å²) in [4.78, 5) is 0. The number of hydrogen-bond donors (Lipinski definition) is 2. The average Bonchev–Trinajstić information content (AvgIpc) is 2.34. The number of aliphatic hydroxyl groups excluding tert-OH is 1. The molecule has 0 aliphatic rings. The van der Waals surface area contributed by atoms with Gasteiger partial charge in [-0.2, -0.15) is 11.8 Å². The maximum Gasteiger partial charge on any atom is 0.119 e. The topological polar surface area (TPSA) is 41.5 Å². The molecular formula is C12H19NO2S. The zero-order valence-corrected chi connectivity index (χ0v) is 10.6. The predicted octanol–water partition coefficient (Wildman–Crippen LogP) is 1.68. The fraction of sp³-hybridized carbons (Fsp3) is 0.500. The van der Waals surface area contributed by atoms with Crippen LogP contribution in [-0.2, 0) is 0 Å². The monoisotopic (exact) mass is 241 g/mol. The van der Waals surface area contributed by atoms with Gasteiger partial charge in [-0.25, -0.2) is 0 Å². The van der Waals surface area contributed by atoms with E-state index in [-0.39, 0.29) is 0 Å². The highest BCUT2D eigenvalue weighted by Crippen LogP contribution is 2.18. The van der Waals surface area contributed by atoms with Gasteiger partial charge in [0.25, 0.3) is 0 Å². The molecular weight excluding hydrogens is 222 g/mol. The molecule has 0 radical (unpaired) electrons. The molecule has 4 heteroatoms. The van der Waals surface area contributed by atoms with Crippen LogP contribution in [0.2, 0.25) is 0 Å². The number of thioether (sulfide) groups is 1. The Bertz CT molecular complexity index is 307. The quantitative estimate of drug-likeness (QED) is 0.713. The maximum absolute atomic E-state index is 9.91. The molecule has 1 aromatic carbocycles. The first-order valence-corrected chi connectivity index (χ1v) is 6.69. The van der Waals surface area contributed by atoms with E-state index >= 15 is 0 Å². The summed E-state index contributed by atoms with van der Waals surface area (Å²) in [7, 11) is 1.63. The van der Waals surface area contributed by atoms with Gasteiger partial charge in [-0.05, 0) is 24.0 Å². The van der Waals surface area contributed by atoms with E-state index < -0.39 is 6.10 Å². The third-order valence-corrected chi connectivity index (χ3v) is 2.91. The second kappa shape index (κ2) is 7.54.